The summed E-state index contributed by atoms with van der Waals surface area (Å²) in [6.07, 6.45) is 9.99. The van der Waals surface area contributed by atoms with Crippen molar-refractivity contribution in [2.75, 3.05) is 7.11 Å². The first kappa shape index (κ1) is 14.2. The van der Waals surface area contributed by atoms with Crippen molar-refractivity contribution in [2.24, 2.45) is 5.41 Å². The van der Waals surface area contributed by atoms with Crippen LogP contribution < -0.4 is 0 Å². The van der Waals surface area contributed by atoms with Crippen LogP contribution >= 0.6 is 0 Å². The third kappa shape index (κ3) is 3.32. The minimum Gasteiger partial charge on any atom is -0.370 e. The Kier molecular flexibility index (Phi) is 4.37. The second kappa shape index (κ2) is 5.22. The Morgan fingerprint density at radius 1 is 1.41 bits per heavy atom. The third-order valence-electron chi connectivity index (χ3n) is 3.97. The second-order valence-corrected chi connectivity index (χ2v) is 5.86. The summed E-state index contributed by atoms with van der Waals surface area (Å²) in [7, 11) is 1.72. The molecule has 0 radical (unpaired) electrons. The molecule has 0 heterocycles. The predicted molar refractivity (Wildman–Crippen MR) is 75.1 cm³/mol. The van der Waals surface area contributed by atoms with Crippen LogP contribution in [0.3, 0.4) is 0 Å². The van der Waals surface area contributed by atoms with E-state index < -0.39 is 0 Å². The van der Waals surface area contributed by atoms with Gasteiger partial charge in [-0.2, -0.15) is 0 Å². The van der Waals surface area contributed by atoms with Crippen LogP contribution in [0.1, 0.15) is 47.0 Å². The molecule has 96 valence electrons. The first-order valence-corrected chi connectivity index (χ1v) is 6.43. The molecule has 1 unspecified atom stereocenters. The summed E-state index contributed by atoms with van der Waals surface area (Å²) in [5, 5.41) is 0. The fourth-order valence-electron chi connectivity index (χ4n) is 2.48. The van der Waals surface area contributed by atoms with Gasteiger partial charge in [0.05, 0.1) is 0 Å². The van der Waals surface area contributed by atoms with Crippen LogP contribution in [0.5, 0.6) is 0 Å². The quantitative estimate of drug-likeness (QED) is 0.643. The molecule has 0 aromatic carbocycles. The Bertz CT molecular complexity index is 347. The van der Waals surface area contributed by atoms with E-state index in [0.29, 0.717) is 0 Å². The summed E-state index contributed by atoms with van der Waals surface area (Å²) in [5.74, 6) is 0. The summed E-state index contributed by atoms with van der Waals surface area (Å²) < 4.78 is 5.45. The first-order valence-electron chi connectivity index (χ1n) is 6.43. The molecule has 1 rings (SSSR count). The fourth-order valence-corrected chi connectivity index (χ4v) is 2.48. The molecule has 0 amide bonds. The molecular formula is C16H26O. The molecule has 0 N–H and O–H groups in total. The van der Waals surface area contributed by atoms with Crippen LogP contribution in [-0.2, 0) is 4.74 Å². The van der Waals surface area contributed by atoms with Gasteiger partial charge in [-0.15, -0.1) is 0 Å². The van der Waals surface area contributed by atoms with Gasteiger partial charge in [0.15, 0.2) is 0 Å². The summed E-state index contributed by atoms with van der Waals surface area (Å²) in [6, 6.07) is 0. The van der Waals surface area contributed by atoms with Gasteiger partial charge in [-0.05, 0) is 50.2 Å². The number of hydrogen-bond acceptors (Lipinski definition) is 1. The van der Waals surface area contributed by atoms with E-state index in [9.17, 15) is 0 Å². The molecule has 0 saturated heterocycles. The normalized spacial score (nSPS) is 23.8. The van der Waals surface area contributed by atoms with Gasteiger partial charge < -0.3 is 4.74 Å². The lowest BCUT2D eigenvalue weighted by Gasteiger charge is -2.33. The van der Waals surface area contributed by atoms with Crippen LogP contribution in [-0.4, -0.2) is 12.7 Å². The Morgan fingerprint density at radius 3 is 2.53 bits per heavy atom. The Hall–Kier alpha value is -0.820. The average Bonchev–Trinajstić information content (AvgIpc) is 2.27. The number of allylic oxidation sites excluding steroid dienone is 3. The average molecular weight is 234 g/mol. The molecule has 0 aliphatic heterocycles. The van der Waals surface area contributed by atoms with Gasteiger partial charge in [0.1, 0.15) is 5.60 Å². The Labute approximate surface area is 106 Å². The highest BCUT2D eigenvalue weighted by atomic mass is 16.5. The Balaban J connectivity index is 3.00. The smallest absolute Gasteiger partial charge is 0.101 e. The highest BCUT2D eigenvalue weighted by molar-refractivity contribution is 5.34. The van der Waals surface area contributed by atoms with E-state index in [-0.39, 0.29) is 11.0 Å². The number of ether oxygens (including phenoxy) is 1. The molecule has 0 spiro atoms. The van der Waals surface area contributed by atoms with Gasteiger partial charge in [0, 0.05) is 7.11 Å². The van der Waals surface area contributed by atoms with Crippen molar-refractivity contribution < 1.29 is 4.74 Å². The van der Waals surface area contributed by atoms with Crippen molar-refractivity contribution >= 4 is 0 Å². The van der Waals surface area contributed by atoms with Crippen LogP contribution in [0.4, 0.5) is 0 Å². The Morgan fingerprint density at radius 2 is 2.06 bits per heavy atom. The molecule has 1 heteroatoms. The number of methoxy groups -OCH3 is 1. The SMILES string of the molecule is C=CC(C)(/C=C/C1=C(C)CCCC1(C)C)OC. The first-order chi connectivity index (χ1) is 7.84. The fraction of sp³-hybridized carbons (Fsp3) is 0.625. The van der Waals surface area contributed by atoms with Crippen LogP contribution in [0.15, 0.2) is 36.0 Å². The molecule has 0 aromatic rings. The maximum absolute atomic E-state index is 5.45. The maximum atomic E-state index is 5.45. The van der Waals surface area contributed by atoms with Crippen LogP contribution in [0.2, 0.25) is 0 Å². The molecule has 1 nitrogen and oxygen atoms in total. The van der Waals surface area contributed by atoms with Gasteiger partial charge >= 0.3 is 0 Å². The molecule has 1 atom stereocenters. The minimum absolute atomic E-state index is 0.286. The number of rotatable bonds is 4. The molecule has 1 aliphatic carbocycles. The van der Waals surface area contributed by atoms with Crippen molar-refractivity contribution in [3.05, 3.63) is 36.0 Å². The van der Waals surface area contributed by atoms with Crippen molar-refractivity contribution in [3.63, 3.8) is 0 Å². The van der Waals surface area contributed by atoms with Gasteiger partial charge in [-0.25, -0.2) is 0 Å². The molecule has 0 aromatic heterocycles. The van der Waals surface area contributed by atoms with Gasteiger partial charge in [0.2, 0.25) is 0 Å². The standard InChI is InChI=1S/C16H26O/c1-7-16(5,17-6)12-10-14-13(2)9-8-11-15(14,3)4/h7,10,12H,1,8-9,11H2,2-6H3/b12-10+. The van der Waals surface area contributed by atoms with Crippen molar-refractivity contribution in [2.45, 2.75) is 52.6 Å². The van der Waals surface area contributed by atoms with E-state index in [1.165, 1.54) is 30.4 Å². The van der Waals surface area contributed by atoms with E-state index in [1.807, 2.05) is 13.0 Å². The van der Waals surface area contributed by atoms with E-state index in [0.717, 1.165) is 0 Å². The van der Waals surface area contributed by atoms with E-state index in [1.54, 1.807) is 7.11 Å². The lowest BCUT2D eigenvalue weighted by Crippen LogP contribution is -2.23. The minimum atomic E-state index is -0.360. The summed E-state index contributed by atoms with van der Waals surface area (Å²) in [5.41, 5.74) is 2.91. The number of hydrogen-bond donors (Lipinski definition) is 0. The summed E-state index contributed by atoms with van der Waals surface area (Å²) >= 11 is 0. The monoisotopic (exact) mass is 234 g/mol. The third-order valence-corrected chi connectivity index (χ3v) is 3.97. The maximum Gasteiger partial charge on any atom is 0.101 e. The highest BCUT2D eigenvalue weighted by Gasteiger charge is 2.27. The molecule has 17 heavy (non-hydrogen) atoms. The second-order valence-electron chi connectivity index (χ2n) is 5.86. The van der Waals surface area contributed by atoms with E-state index in [4.69, 9.17) is 4.74 Å². The van der Waals surface area contributed by atoms with Crippen LogP contribution in [0, 0.1) is 5.41 Å². The van der Waals surface area contributed by atoms with E-state index >= 15 is 0 Å². The van der Waals surface area contributed by atoms with Crippen molar-refractivity contribution in [1.82, 2.24) is 0 Å². The zero-order valence-electron chi connectivity index (χ0n) is 12.0. The lowest BCUT2D eigenvalue weighted by molar-refractivity contribution is 0.0909. The van der Waals surface area contributed by atoms with Crippen molar-refractivity contribution in [3.8, 4) is 0 Å². The van der Waals surface area contributed by atoms with E-state index in [2.05, 4.69) is 39.5 Å². The molecule has 0 bridgehead atoms. The molecular weight excluding hydrogens is 208 g/mol. The predicted octanol–water partition coefficient (Wildman–Crippen LogP) is 4.66. The molecule has 0 saturated carbocycles. The zero-order valence-corrected chi connectivity index (χ0v) is 12.0. The van der Waals surface area contributed by atoms with Gasteiger partial charge in [-0.3, -0.25) is 0 Å². The summed E-state index contributed by atoms with van der Waals surface area (Å²) in [6.45, 7) is 12.8. The molecule has 0 fully saturated rings. The summed E-state index contributed by atoms with van der Waals surface area (Å²) in [4.78, 5) is 0. The lowest BCUT2D eigenvalue weighted by atomic mass is 9.72. The molecule has 1 aliphatic rings. The zero-order chi connectivity index (χ0) is 13.1. The largest absolute Gasteiger partial charge is 0.370 e. The van der Waals surface area contributed by atoms with Crippen LogP contribution in [0.25, 0.3) is 0 Å². The van der Waals surface area contributed by atoms with Gasteiger partial charge in [-0.1, -0.05) is 38.2 Å². The van der Waals surface area contributed by atoms with Crippen molar-refractivity contribution in [1.29, 1.82) is 0 Å². The highest BCUT2D eigenvalue weighted by Crippen LogP contribution is 2.41. The topological polar surface area (TPSA) is 9.23 Å². The van der Waals surface area contributed by atoms with Gasteiger partial charge in [0.25, 0.3) is 0 Å².